The number of benzene rings is 2. The first-order valence-corrected chi connectivity index (χ1v) is 8.12. The molecule has 2 N–H and O–H groups in total. The summed E-state index contributed by atoms with van der Waals surface area (Å²) in [6.07, 6.45) is 0.973. The van der Waals surface area contributed by atoms with Gasteiger partial charge in [-0.15, -0.1) is 0 Å². The van der Waals surface area contributed by atoms with Gasteiger partial charge in [-0.25, -0.2) is 0 Å². The van der Waals surface area contributed by atoms with E-state index in [1.165, 1.54) is 22.3 Å². The van der Waals surface area contributed by atoms with Crippen molar-refractivity contribution in [3.63, 3.8) is 0 Å². The van der Waals surface area contributed by atoms with Crippen LogP contribution in [0.15, 0.2) is 48.5 Å². The molecule has 2 rings (SSSR count). The van der Waals surface area contributed by atoms with Gasteiger partial charge in [-0.05, 0) is 56.1 Å². The monoisotopic (exact) mass is 312 g/mol. The number of rotatable bonds is 5. The summed E-state index contributed by atoms with van der Waals surface area (Å²) in [5.74, 6) is 0. The van der Waals surface area contributed by atoms with Crippen molar-refractivity contribution >= 4 is 17.3 Å². The summed E-state index contributed by atoms with van der Waals surface area (Å²) in [5, 5.41) is 7.36. The van der Waals surface area contributed by atoms with Crippen molar-refractivity contribution in [2.24, 2.45) is 0 Å². The zero-order chi connectivity index (χ0) is 15.9. The van der Waals surface area contributed by atoms with Gasteiger partial charge in [0.25, 0.3) is 0 Å². The largest absolute Gasteiger partial charge is 0.362 e. The van der Waals surface area contributed by atoms with Crippen molar-refractivity contribution in [3.05, 3.63) is 70.8 Å². The highest BCUT2D eigenvalue weighted by atomic mass is 32.1. The maximum atomic E-state index is 5.39. The van der Waals surface area contributed by atoms with Gasteiger partial charge >= 0.3 is 0 Å². The molecule has 0 saturated heterocycles. The van der Waals surface area contributed by atoms with Crippen molar-refractivity contribution in [1.29, 1.82) is 0 Å². The Bertz CT molecular complexity index is 623. The molecule has 0 aromatic heterocycles. The van der Waals surface area contributed by atoms with Gasteiger partial charge in [0, 0.05) is 6.54 Å². The highest BCUT2D eigenvalue weighted by Crippen LogP contribution is 2.18. The average molecular weight is 312 g/mol. The average Bonchev–Trinajstić information content (AvgIpc) is 2.48. The van der Waals surface area contributed by atoms with Crippen LogP contribution in [0.2, 0.25) is 0 Å². The highest BCUT2D eigenvalue weighted by Gasteiger charge is 2.09. The van der Waals surface area contributed by atoms with E-state index < -0.39 is 0 Å². The molecule has 0 saturated carbocycles. The van der Waals surface area contributed by atoms with E-state index in [0.717, 1.165) is 13.0 Å². The highest BCUT2D eigenvalue weighted by molar-refractivity contribution is 7.80. The standard InChI is InChI=1S/C19H24N2S/c1-14-9-10-18(15(2)13-14)16(3)21-19(22)20-12-11-17-7-5-4-6-8-17/h4-10,13,16H,11-12H2,1-3H3,(H2,20,21,22). The Morgan fingerprint density at radius 3 is 2.50 bits per heavy atom. The van der Waals surface area contributed by atoms with Gasteiger partial charge in [-0.2, -0.15) is 0 Å². The van der Waals surface area contributed by atoms with Crippen LogP contribution >= 0.6 is 12.2 Å². The first-order chi connectivity index (χ1) is 10.6. The molecule has 2 aromatic rings. The fraction of sp³-hybridized carbons (Fsp3) is 0.316. The second-order valence-electron chi connectivity index (χ2n) is 5.72. The number of hydrogen-bond acceptors (Lipinski definition) is 1. The van der Waals surface area contributed by atoms with Gasteiger partial charge in [-0.3, -0.25) is 0 Å². The molecule has 0 fully saturated rings. The zero-order valence-electron chi connectivity index (χ0n) is 13.5. The summed E-state index contributed by atoms with van der Waals surface area (Å²) in [4.78, 5) is 0. The van der Waals surface area contributed by atoms with Crippen LogP contribution in [0.4, 0.5) is 0 Å². The molecular weight excluding hydrogens is 288 g/mol. The van der Waals surface area contributed by atoms with E-state index in [4.69, 9.17) is 12.2 Å². The first kappa shape index (κ1) is 16.5. The molecule has 0 aliphatic rings. The fourth-order valence-electron chi connectivity index (χ4n) is 2.60. The van der Waals surface area contributed by atoms with Crippen LogP contribution in [0.3, 0.4) is 0 Å². The second kappa shape index (κ2) is 7.95. The lowest BCUT2D eigenvalue weighted by molar-refractivity contribution is 0.692. The third-order valence-corrected chi connectivity index (χ3v) is 4.04. The van der Waals surface area contributed by atoms with Crippen LogP contribution in [0, 0.1) is 13.8 Å². The van der Waals surface area contributed by atoms with E-state index in [1.807, 2.05) is 6.07 Å². The molecule has 0 bridgehead atoms. The molecule has 0 heterocycles. The maximum Gasteiger partial charge on any atom is 0.166 e. The minimum Gasteiger partial charge on any atom is -0.362 e. The minimum absolute atomic E-state index is 0.206. The van der Waals surface area contributed by atoms with Crippen LogP contribution in [-0.4, -0.2) is 11.7 Å². The van der Waals surface area contributed by atoms with Crippen molar-refractivity contribution in [1.82, 2.24) is 10.6 Å². The van der Waals surface area contributed by atoms with Crippen molar-refractivity contribution in [3.8, 4) is 0 Å². The molecule has 0 radical (unpaired) electrons. The van der Waals surface area contributed by atoms with Crippen molar-refractivity contribution < 1.29 is 0 Å². The Morgan fingerprint density at radius 1 is 1.09 bits per heavy atom. The zero-order valence-corrected chi connectivity index (χ0v) is 14.3. The Kier molecular flexibility index (Phi) is 5.96. The first-order valence-electron chi connectivity index (χ1n) is 7.71. The molecule has 22 heavy (non-hydrogen) atoms. The lowest BCUT2D eigenvalue weighted by Crippen LogP contribution is -2.38. The number of hydrogen-bond donors (Lipinski definition) is 2. The fourth-order valence-corrected chi connectivity index (χ4v) is 2.88. The Hall–Kier alpha value is -1.87. The van der Waals surface area contributed by atoms with Gasteiger partial charge < -0.3 is 10.6 Å². The van der Waals surface area contributed by atoms with E-state index in [-0.39, 0.29) is 6.04 Å². The molecule has 1 atom stereocenters. The van der Waals surface area contributed by atoms with Gasteiger partial charge in [0.15, 0.2) is 5.11 Å². The smallest absolute Gasteiger partial charge is 0.166 e. The molecule has 1 unspecified atom stereocenters. The molecule has 0 aliphatic carbocycles. The third-order valence-electron chi connectivity index (χ3n) is 3.78. The molecule has 2 nitrogen and oxygen atoms in total. The van der Waals surface area contributed by atoms with Crippen LogP contribution in [0.5, 0.6) is 0 Å². The van der Waals surface area contributed by atoms with E-state index in [9.17, 15) is 0 Å². The predicted molar refractivity (Wildman–Crippen MR) is 98.2 cm³/mol. The number of nitrogens with one attached hydrogen (secondary N) is 2. The van der Waals surface area contributed by atoms with E-state index in [1.54, 1.807) is 0 Å². The molecule has 116 valence electrons. The van der Waals surface area contributed by atoms with Gasteiger partial charge in [0.05, 0.1) is 6.04 Å². The normalized spacial score (nSPS) is 11.8. The minimum atomic E-state index is 0.206. The molecule has 3 heteroatoms. The van der Waals surface area contributed by atoms with Crippen molar-refractivity contribution in [2.45, 2.75) is 33.2 Å². The molecule has 0 spiro atoms. The van der Waals surface area contributed by atoms with E-state index >= 15 is 0 Å². The number of aryl methyl sites for hydroxylation is 2. The summed E-state index contributed by atoms with van der Waals surface area (Å²) in [5.41, 5.74) is 5.20. The van der Waals surface area contributed by atoms with Crippen LogP contribution in [-0.2, 0) is 6.42 Å². The number of thiocarbonyl (C=S) groups is 1. The Balaban J connectivity index is 1.81. The van der Waals surface area contributed by atoms with Crippen LogP contribution < -0.4 is 10.6 Å². The van der Waals surface area contributed by atoms with Gasteiger partial charge in [-0.1, -0.05) is 54.1 Å². The van der Waals surface area contributed by atoms with Crippen molar-refractivity contribution in [2.75, 3.05) is 6.54 Å². The Labute approximate surface area is 139 Å². The van der Waals surface area contributed by atoms with Gasteiger partial charge in [0.1, 0.15) is 0 Å². The van der Waals surface area contributed by atoms with E-state index in [0.29, 0.717) is 5.11 Å². The Morgan fingerprint density at radius 2 is 1.82 bits per heavy atom. The maximum absolute atomic E-state index is 5.39. The quantitative estimate of drug-likeness (QED) is 0.814. The molecule has 2 aromatic carbocycles. The lowest BCUT2D eigenvalue weighted by Gasteiger charge is -2.19. The van der Waals surface area contributed by atoms with Crippen LogP contribution in [0.1, 0.15) is 35.2 Å². The SMILES string of the molecule is Cc1ccc(C(C)NC(=S)NCCc2ccccc2)c(C)c1. The summed E-state index contributed by atoms with van der Waals surface area (Å²) in [7, 11) is 0. The van der Waals surface area contributed by atoms with E-state index in [2.05, 4.69) is 73.9 Å². The predicted octanol–water partition coefficient (Wildman–Crippen LogP) is 4.07. The molecular formula is C19H24N2S. The van der Waals surface area contributed by atoms with Gasteiger partial charge in [0.2, 0.25) is 0 Å². The molecule has 0 aliphatic heterocycles. The summed E-state index contributed by atoms with van der Waals surface area (Å²) >= 11 is 5.39. The summed E-state index contributed by atoms with van der Waals surface area (Å²) < 4.78 is 0. The topological polar surface area (TPSA) is 24.1 Å². The lowest BCUT2D eigenvalue weighted by atomic mass is 10.0. The second-order valence-corrected chi connectivity index (χ2v) is 6.13. The summed E-state index contributed by atoms with van der Waals surface area (Å²) in [6, 6.07) is 17.2. The molecule has 0 amide bonds. The van der Waals surface area contributed by atoms with Crippen LogP contribution in [0.25, 0.3) is 0 Å². The third kappa shape index (κ3) is 4.85. The summed E-state index contributed by atoms with van der Waals surface area (Å²) in [6.45, 7) is 7.25.